The SMILES string of the molecule is CO[C@@H]1COCC1n1c(Cc2cc(F)c(-c3cccc(OCc4ccc(C#N)cc4F)n3)cc2F)nc2c(F)cc(C(=O)O)cc21. The fourth-order valence-electron chi connectivity index (χ4n) is 5.43. The number of methoxy groups -OCH3 is 1. The molecule has 0 radical (unpaired) electrons. The number of carbonyl (C=O) groups is 1. The van der Waals surface area contributed by atoms with Crippen LogP contribution in [0.3, 0.4) is 0 Å². The lowest BCUT2D eigenvalue weighted by Gasteiger charge is -2.21. The standard InChI is InChI=1S/C33H24F4N4O5/c1-44-29-16-45-15-28(29)41-27-10-20(33(42)43)9-25(37)32(27)40-30(41)11-19-8-24(36)21(12-23(19)35)26-3-2-4-31(39-26)46-14-18-6-5-17(13-38)7-22(18)34/h2-10,12,28-29H,11,14-16H2,1H3,(H,42,43)/t28?,29-/m1/s1. The summed E-state index contributed by atoms with van der Waals surface area (Å²) in [5.74, 6) is -4.25. The Labute approximate surface area is 259 Å². The van der Waals surface area contributed by atoms with E-state index in [4.69, 9.17) is 19.5 Å². The number of pyridine rings is 1. The van der Waals surface area contributed by atoms with Crippen LogP contribution in [0.2, 0.25) is 0 Å². The van der Waals surface area contributed by atoms with Gasteiger partial charge in [-0.2, -0.15) is 5.26 Å². The lowest BCUT2D eigenvalue weighted by atomic mass is 10.0. The Morgan fingerprint density at radius 3 is 2.54 bits per heavy atom. The van der Waals surface area contributed by atoms with Gasteiger partial charge in [-0.3, -0.25) is 0 Å². The highest BCUT2D eigenvalue weighted by Gasteiger charge is 2.34. The Hall–Kier alpha value is -5.32. The lowest BCUT2D eigenvalue weighted by Crippen LogP contribution is -2.26. The number of hydrogen-bond donors (Lipinski definition) is 1. The predicted octanol–water partition coefficient (Wildman–Crippen LogP) is 5.98. The van der Waals surface area contributed by atoms with E-state index in [-0.39, 0.29) is 82.5 Å². The smallest absolute Gasteiger partial charge is 0.335 e. The van der Waals surface area contributed by atoms with Gasteiger partial charge in [0.1, 0.15) is 41.5 Å². The molecule has 3 aromatic carbocycles. The van der Waals surface area contributed by atoms with Gasteiger partial charge in [0.25, 0.3) is 0 Å². The maximum Gasteiger partial charge on any atom is 0.335 e. The van der Waals surface area contributed by atoms with Gasteiger partial charge in [-0.25, -0.2) is 32.3 Å². The Balaban J connectivity index is 1.31. The second-order valence-electron chi connectivity index (χ2n) is 10.6. The van der Waals surface area contributed by atoms with Crippen LogP contribution in [0.15, 0.2) is 60.7 Å². The molecule has 0 amide bonds. The highest BCUT2D eigenvalue weighted by Crippen LogP contribution is 2.33. The van der Waals surface area contributed by atoms with E-state index in [9.17, 15) is 14.3 Å². The largest absolute Gasteiger partial charge is 0.478 e. The van der Waals surface area contributed by atoms with Crippen molar-refractivity contribution in [1.29, 1.82) is 5.26 Å². The number of nitriles is 1. The molecule has 0 aliphatic carbocycles. The highest BCUT2D eigenvalue weighted by atomic mass is 19.1. The number of rotatable bonds is 9. The van der Waals surface area contributed by atoms with Crippen molar-refractivity contribution < 1.29 is 41.7 Å². The van der Waals surface area contributed by atoms with Crippen LogP contribution in [0.5, 0.6) is 5.88 Å². The van der Waals surface area contributed by atoms with Crippen LogP contribution >= 0.6 is 0 Å². The maximum absolute atomic E-state index is 15.6. The summed E-state index contributed by atoms with van der Waals surface area (Å²) in [4.78, 5) is 20.3. The third-order valence-electron chi connectivity index (χ3n) is 7.74. The van der Waals surface area contributed by atoms with Gasteiger partial charge >= 0.3 is 5.97 Å². The molecule has 1 aliphatic rings. The first kappa shape index (κ1) is 30.7. The Bertz CT molecular complexity index is 2030. The van der Waals surface area contributed by atoms with Crippen LogP contribution in [-0.4, -0.2) is 52.0 Å². The number of imidazole rings is 1. The summed E-state index contributed by atoms with van der Waals surface area (Å²) in [6.07, 6.45) is -0.746. The number of aromatic nitrogens is 3. The first-order valence-corrected chi connectivity index (χ1v) is 14.0. The molecule has 2 atom stereocenters. The topological polar surface area (TPSA) is 119 Å². The van der Waals surface area contributed by atoms with Gasteiger partial charge in [-0.05, 0) is 48.0 Å². The number of hydrogen-bond acceptors (Lipinski definition) is 7. The average Bonchev–Trinajstić information content (AvgIpc) is 3.66. The summed E-state index contributed by atoms with van der Waals surface area (Å²) < 4.78 is 78.7. The molecule has 1 N–H and O–H groups in total. The number of benzene rings is 3. The van der Waals surface area contributed by atoms with E-state index in [0.717, 1.165) is 24.3 Å². The summed E-state index contributed by atoms with van der Waals surface area (Å²) in [6.45, 7) is 0.153. The van der Waals surface area contributed by atoms with Crippen molar-refractivity contribution in [3.05, 3.63) is 112 Å². The molecule has 234 valence electrons. The molecule has 0 bridgehead atoms. The normalized spacial score (nSPS) is 16.1. The summed E-state index contributed by atoms with van der Waals surface area (Å²) in [5.41, 5.74) is -0.121. The fourth-order valence-corrected chi connectivity index (χ4v) is 5.43. The highest BCUT2D eigenvalue weighted by molar-refractivity contribution is 5.93. The molecule has 1 fully saturated rings. The van der Waals surface area contributed by atoms with Crippen molar-refractivity contribution in [2.75, 3.05) is 20.3 Å². The average molecular weight is 633 g/mol. The zero-order valence-corrected chi connectivity index (χ0v) is 24.1. The number of ether oxygens (including phenoxy) is 3. The van der Waals surface area contributed by atoms with Crippen LogP contribution in [0.1, 0.15) is 38.9 Å². The molecule has 6 rings (SSSR count). The van der Waals surface area contributed by atoms with Crippen LogP contribution in [0.25, 0.3) is 22.3 Å². The van der Waals surface area contributed by atoms with Crippen molar-refractivity contribution in [3.63, 3.8) is 0 Å². The Morgan fingerprint density at radius 2 is 1.80 bits per heavy atom. The van der Waals surface area contributed by atoms with Gasteiger partial charge in [-0.15, -0.1) is 0 Å². The first-order valence-electron chi connectivity index (χ1n) is 14.0. The molecule has 2 aromatic heterocycles. The number of carboxylic acid groups (broad SMARTS) is 1. The van der Waals surface area contributed by atoms with E-state index in [1.807, 2.05) is 6.07 Å². The lowest BCUT2D eigenvalue weighted by molar-refractivity contribution is 0.0687. The molecule has 0 saturated carbocycles. The molecule has 9 nitrogen and oxygen atoms in total. The predicted molar refractivity (Wildman–Crippen MR) is 155 cm³/mol. The van der Waals surface area contributed by atoms with E-state index < -0.39 is 41.4 Å². The summed E-state index contributed by atoms with van der Waals surface area (Å²) in [7, 11) is 1.47. The fraction of sp³-hybridized carbons (Fsp3) is 0.212. The molecule has 1 aliphatic heterocycles. The third kappa shape index (κ3) is 5.88. The van der Waals surface area contributed by atoms with Crippen LogP contribution < -0.4 is 4.74 Å². The van der Waals surface area contributed by atoms with E-state index in [2.05, 4.69) is 9.97 Å². The van der Waals surface area contributed by atoms with Crippen molar-refractivity contribution >= 4 is 17.0 Å². The van der Waals surface area contributed by atoms with Crippen LogP contribution in [0.4, 0.5) is 17.6 Å². The minimum atomic E-state index is -1.34. The molecule has 5 aromatic rings. The Kier molecular flexibility index (Phi) is 8.40. The molecule has 13 heteroatoms. The quantitative estimate of drug-likeness (QED) is 0.197. The zero-order chi connectivity index (χ0) is 32.5. The van der Waals surface area contributed by atoms with E-state index in [1.165, 1.54) is 43.5 Å². The Morgan fingerprint density at radius 1 is 1.00 bits per heavy atom. The molecular formula is C33H24F4N4O5. The van der Waals surface area contributed by atoms with Crippen molar-refractivity contribution in [1.82, 2.24) is 14.5 Å². The minimum absolute atomic E-state index is 0.0353. The third-order valence-corrected chi connectivity index (χ3v) is 7.74. The number of aromatic carboxylic acids is 1. The maximum atomic E-state index is 15.6. The van der Waals surface area contributed by atoms with Crippen molar-refractivity contribution in [2.45, 2.75) is 25.2 Å². The minimum Gasteiger partial charge on any atom is -0.478 e. The molecular weight excluding hydrogens is 608 g/mol. The summed E-state index contributed by atoms with van der Waals surface area (Å²) in [5, 5.41) is 18.4. The second-order valence-corrected chi connectivity index (χ2v) is 10.6. The van der Waals surface area contributed by atoms with Crippen molar-refractivity contribution in [3.8, 4) is 23.2 Å². The first-order chi connectivity index (χ1) is 22.2. The number of carboxylic acids is 1. The van der Waals surface area contributed by atoms with Gasteiger partial charge in [-0.1, -0.05) is 12.1 Å². The molecule has 1 unspecified atom stereocenters. The summed E-state index contributed by atoms with van der Waals surface area (Å²) in [6, 6.07) is 13.8. The van der Waals surface area contributed by atoms with E-state index in [0.29, 0.717) is 0 Å². The number of nitrogens with zero attached hydrogens (tertiary/aromatic N) is 4. The second kappa shape index (κ2) is 12.6. The molecule has 1 saturated heterocycles. The van der Waals surface area contributed by atoms with Gasteiger partial charge in [0, 0.05) is 30.7 Å². The molecule has 0 spiro atoms. The zero-order valence-electron chi connectivity index (χ0n) is 24.1. The number of fused-ring (bicyclic) bond motifs is 1. The van der Waals surface area contributed by atoms with Gasteiger partial charge in [0.15, 0.2) is 5.82 Å². The van der Waals surface area contributed by atoms with Crippen molar-refractivity contribution in [2.24, 2.45) is 0 Å². The van der Waals surface area contributed by atoms with E-state index >= 15 is 13.2 Å². The molecule has 3 heterocycles. The molecule has 46 heavy (non-hydrogen) atoms. The number of halogens is 4. The van der Waals surface area contributed by atoms with Crippen LogP contribution in [0, 0.1) is 34.6 Å². The van der Waals surface area contributed by atoms with Gasteiger partial charge < -0.3 is 23.9 Å². The van der Waals surface area contributed by atoms with E-state index in [1.54, 1.807) is 4.57 Å². The van der Waals surface area contributed by atoms with Crippen LogP contribution in [-0.2, 0) is 22.5 Å². The van der Waals surface area contributed by atoms with Gasteiger partial charge in [0.05, 0.1) is 47.7 Å². The monoisotopic (exact) mass is 632 g/mol. The van der Waals surface area contributed by atoms with Gasteiger partial charge in [0.2, 0.25) is 5.88 Å². The summed E-state index contributed by atoms with van der Waals surface area (Å²) >= 11 is 0.